The second-order valence-corrected chi connectivity index (χ2v) is 7.69. The van der Waals surface area contributed by atoms with Gasteiger partial charge in [-0.2, -0.15) is 0 Å². The van der Waals surface area contributed by atoms with E-state index in [1.54, 1.807) is 11.2 Å². The SMILES string of the molecule is COC(=O)N1CCN(C2CCC(Nc3ncnc4ccc(C)nc34)CC2)CC1. The third kappa shape index (κ3) is 4.01. The van der Waals surface area contributed by atoms with Crippen LogP contribution in [-0.2, 0) is 4.74 Å². The van der Waals surface area contributed by atoms with Crippen molar-refractivity contribution in [2.24, 2.45) is 0 Å². The summed E-state index contributed by atoms with van der Waals surface area (Å²) in [6.07, 6.45) is 5.93. The fraction of sp³-hybridized carbons (Fsp3) is 0.600. The number of hydrogen-bond donors (Lipinski definition) is 1. The average molecular weight is 384 g/mol. The predicted octanol–water partition coefficient (Wildman–Crippen LogP) is 2.44. The molecule has 3 heterocycles. The van der Waals surface area contributed by atoms with Crippen molar-refractivity contribution in [3.63, 3.8) is 0 Å². The summed E-state index contributed by atoms with van der Waals surface area (Å²) in [6.45, 7) is 5.35. The second kappa shape index (κ2) is 8.26. The Balaban J connectivity index is 1.32. The number of ether oxygens (including phenoxy) is 1. The van der Waals surface area contributed by atoms with Crippen LogP contribution in [0.4, 0.5) is 10.6 Å². The summed E-state index contributed by atoms with van der Waals surface area (Å²) in [5.41, 5.74) is 2.70. The van der Waals surface area contributed by atoms with Crippen LogP contribution in [0.15, 0.2) is 18.5 Å². The van der Waals surface area contributed by atoms with Crippen molar-refractivity contribution in [3.8, 4) is 0 Å². The molecular weight excluding hydrogens is 356 g/mol. The average Bonchev–Trinajstić information content (AvgIpc) is 2.74. The maximum atomic E-state index is 11.6. The number of methoxy groups -OCH3 is 1. The van der Waals surface area contributed by atoms with E-state index in [0.717, 1.165) is 74.4 Å². The highest BCUT2D eigenvalue weighted by Gasteiger charge is 2.30. The van der Waals surface area contributed by atoms with E-state index in [2.05, 4.69) is 25.2 Å². The zero-order valence-corrected chi connectivity index (χ0v) is 16.6. The second-order valence-electron chi connectivity index (χ2n) is 7.69. The number of nitrogens with one attached hydrogen (secondary N) is 1. The number of anilines is 1. The van der Waals surface area contributed by atoms with Gasteiger partial charge in [0.25, 0.3) is 0 Å². The topological polar surface area (TPSA) is 83.5 Å². The monoisotopic (exact) mass is 384 g/mol. The quantitative estimate of drug-likeness (QED) is 0.870. The van der Waals surface area contributed by atoms with Crippen molar-refractivity contribution in [2.75, 3.05) is 38.6 Å². The number of rotatable bonds is 3. The highest BCUT2D eigenvalue weighted by atomic mass is 16.5. The Bertz CT molecular complexity index is 829. The third-order valence-corrected chi connectivity index (χ3v) is 5.92. The minimum absolute atomic E-state index is 0.214. The van der Waals surface area contributed by atoms with Gasteiger partial charge in [-0.3, -0.25) is 4.90 Å². The maximum Gasteiger partial charge on any atom is 0.409 e. The minimum atomic E-state index is -0.214. The Morgan fingerprint density at radius 2 is 1.86 bits per heavy atom. The van der Waals surface area contributed by atoms with Crippen molar-refractivity contribution in [1.29, 1.82) is 0 Å². The number of aromatic nitrogens is 3. The lowest BCUT2D eigenvalue weighted by Gasteiger charge is -2.41. The molecule has 0 unspecified atom stereocenters. The number of piperazine rings is 1. The molecule has 2 aromatic heterocycles. The standard InChI is InChI=1S/C20H28N6O2/c1-14-3-8-17-18(23-14)19(22-13-21-17)24-15-4-6-16(7-5-15)25-9-11-26(12-10-25)20(27)28-2/h3,8,13,15-16H,4-7,9-12H2,1-2H3,(H,21,22,24). The van der Waals surface area contributed by atoms with E-state index in [9.17, 15) is 4.79 Å². The van der Waals surface area contributed by atoms with Crippen LogP contribution in [0.25, 0.3) is 11.0 Å². The van der Waals surface area contributed by atoms with Gasteiger partial charge in [0.15, 0.2) is 5.82 Å². The minimum Gasteiger partial charge on any atom is -0.453 e. The Kier molecular flexibility index (Phi) is 5.57. The van der Waals surface area contributed by atoms with Gasteiger partial charge in [0.05, 0.1) is 12.6 Å². The molecule has 2 aromatic rings. The smallest absolute Gasteiger partial charge is 0.409 e. The first-order valence-electron chi connectivity index (χ1n) is 10.1. The molecule has 1 saturated heterocycles. The molecule has 1 saturated carbocycles. The molecule has 1 aliphatic heterocycles. The maximum absolute atomic E-state index is 11.6. The molecule has 150 valence electrons. The highest BCUT2D eigenvalue weighted by molar-refractivity contribution is 5.84. The molecule has 1 N–H and O–H groups in total. The zero-order chi connectivity index (χ0) is 19.5. The van der Waals surface area contributed by atoms with Crippen LogP contribution in [-0.4, -0.2) is 76.2 Å². The molecule has 8 heteroatoms. The first-order valence-corrected chi connectivity index (χ1v) is 10.1. The Morgan fingerprint density at radius 1 is 1.11 bits per heavy atom. The summed E-state index contributed by atoms with van der Waals surface area (Å²) in [4.78, 5) is 29.3. The highest BCUT2D eigenvalue weighted by Crippen LogP contribution is 2.27. The van der Waals surface area contributed by atoms with E-state index in [-0.39, 0.29) is 6.09 Å². The van der Waals surface area contributed by atoms with Crippen LogP contribution in [0.1, 0.15) is 31.4 Å². The molecule has 28 heavy (non-hydrogen) atoms. The summed E-state index contributed by atoms with van der Waals surface area (Å²) in [5.74, 6) is 0.837. The van der Waals surface area contributed by atoms with Gasteiger partial charge in [-0.05, 0) is 44.7 Å². The summed E-state index contributed by atoms with van der Waals surface area (Å²) < 4.78 is 4.82. The van der Waals surface area contributed by atoms with Gasteiger partial charge in [0.2, 0.25) is 0 Å². The van der Waals surface area contributed by atoms with E-state index < -0.39 is 0 Å². The van der Waals surface area contributed by atoms with E-state index >= 15 is 0 Å². The first-order chi connectivity index (χ1) is 13.6. The molecule has 2 fully saturated rings. The lowest BCUT2D eigenvalue weighted by Crippen LogP contribution is -2.53. The number of hydrogen-bond acceptors (Lipinski definition) is 7. The number of amides is 1. The fourth-order valence-electron chi connectivity index (χ4n) is 4.32. The van der Waals surface area contributed by atoms with Gasteiger partial charge in [0, 0.05) is 44.0 Å². The van der Waals surface area contributed by atoms with E-state index in [1.165, 1.54) is 7.11 Å². The van der Waals surface area contributed by atoms with Gasteiger partial charge >= 0.3 is 6.09 Å². The van der Waals surface area contributed by atoms with Crippen molar-refractivity contribution < 1.29 is 9.53 Å². The number of aryl methyl sites for hydroxylation is 1. The molecule has 1 aliphatic carbocycles. The zero-order valence-electron chi connectivity index (χ0n) is 16.6. The van der Waals surface area contributed by atoms with Crippen molar-refractivity contribution in [3.05, 3.63) is 24.2 Å². The van der Waals surface area contributed by atoms with Crippen LogP contribution in [0, 0.1) is 6.92 Å². The van der Waals surface area contributed by atoms with Crippen LogP contribution in [0.5, 0.6) is 0 Å². The first kappa shape index (κ1) is 18.9. The predicted molar refractivity (Wildman–Crippen MR) is 107 cm³/mol. The van der Waals surface area contributed by atoms with E-state index in [0.29, 0.717) is 12.1 Å². The van der Waals surface area contributed by atoms with E-state index in [1.807, 2.05) is 19.1 Å². The van der Waals surface area contributed by atoms with Crippen molar-refractivity contribution in [2.45, 2.75) is 44.7 Å². The number of carbonyl (C=O) groups excluding carboxylic acids is 1. The van der Waals surface area contributed by atoms with Crippen LogP contribution >= 0.6 is 0 Å². The third-order valence-electron chi connectivity index (χ3n) is 5.92. The van der Waals surface area contributed by atoms with Gasteiger partial charge in [-0.15, -0.1) is 0 Å². The molecule has 0 bridgehead atoms. The molecular formula is C20H28N6O2. The Morgan fingerprint density at radius 3 is 2.57 bits per heavy atom. The van der Waals surface area contributed by atoms with Crippen LogP contribution in [0.2, 0.25) is 0 Å². The largest absolute Gasteiger partial charge is 0.453 e. The van der Waals surface area contributed by atoms with Gasteiger partial charge in [-0.25, -0.2) is 19.7 Å². The summed E-state index contributed by atoms with van der Waals surface area (Å²) in [5, 5.41) is 3.60. The molecule has 0 spiro atoms. The molecule has 1 amide bonds. The fourth-order valence-corrected chi connectivity index (χ4v) is 4.32. The van der Waals surface area contributed by atoms with Gasteiger partial charge < -0.3 is 15.0 Å². The van der Waals surface area contributed by atoms with Gasteiger partial charge in [0.1, 0.15) is 11.8 Å². The lowest BCUT2D eigenvalue weighted by molar-refractivity contribution is 0.0642. The molecule has 4 rings (SSSR count). The molecule has 8 nitrogen and oxygen atoms in total. The molecule has 0 aromatic carbocycles. The van der Waals surface area contributed by atoms with Crippen LogP contribution < -0.4 is 5.32 Å². The number of pyridine rings is 1. The Labute approximate surface area is 165 Å². The Hall–Kier alpha value is -2.48. The summed E-state index contributed by atoms with van der Waals surface area (Å²) >= 11 is 0. The molecule has 2 aliphatic rings. The lowest BCUT2D eigenvalue weighted by atomic mass is 9.89. The van der Waals surface area contributed by atoms with E-state index in [4.69, 9.17) is 4.74 Å². The van der Waals surface area contributed by atoms with Crippen molar-refractivity contribution in [1.82, 2.24) is 24.8 Å². The van der Waals surface area contributed by atoms with Crippen LogP contribution in [0.3, 0.4) is 0 Å². The van der Waals surface area contributed by atoms with Gasteiger partial charge in [-0.1, -0.05) is 0 Å². The van der Waals surface area contributed by atoms with Crippen molar-refractivity contribution >= 4 is 22.9 Å². The number of fused-ring (bicyclic) bond motifs is 1. The number of carbonyl (C=O) groups is 1. The normalized spacial score (nSPS) is 23.6. The summed E-state index contributed by atoms with van der Waals surface area (Å²) in [6, 6.07) is 4.98. The number of nitrogens with zero attached hydrogens (tertiary/aromatic N) is 5. The molecule has 0 radical (unpaired) electrons. The molecule has 0 atom stereocenters. The summed E-state index contributed by atoms with van der Waals surface area (Å²) in [7, 11) is 1.45.